The molecule has 1 atom stereocenters. The van der Waals surface area contributed by atoms with Crippen molar-refractivity contribution in [2.75, 3.05) is 59.1 Å². The standard InChI is InChI=1S/C14H28N2O2/c1-14(2,11-15-5-7-18-8-6-15)12-16-4-3-13(9-16)10-17/h13,17H,3-12H2,1-2H3/t13-/m1/s1. The Balaban J connectivity index is 1.75. The van der Waals surface area contributed by atoms with E-state index in [1.165, 1.54) is 0 Å². The Morgan fingerprint density at radius 3 is 2.39 bits per heavy atom. The van der Waals surface area contributed by atoms with Crippen molar-refractivity contribution < 1.29 is 9.84 Å². The molecule has 0 spiro atoms. The van der Waals surface area contributed by atoms with Gasteiger partial charge in [0.25, 0.3) is 0 Å². The molecule has 1 N–H and O–H groups in total. The maximum Gasteiger partial charge on any atom is 0.0594 e. The highest BCUT2D eigenvalue weighted by Crippen LogP contribution is 2.24. The first-order valence-corrected chi connectivity index (χ1v) is 7.22. The van der Waals surface area contributed by atoms with E-state index in [1.807, 2.05) is 0 Å². The number of morpholine rings is 1. The summed E-state index contributed by atoms with van der Waals surface area (Å²) >= 11 is 0. The van der Waals surface area contributed by atoms with Crippen molar-refractivity contribution >= 4 is 0 Å². The van der Waals surface area contributed by atoms with Gasteiger partial charge in [-0.2, -0.15) is 0 Å². The molecule has 0 saturated carbocycles. The second kappa shape index (κ2) is 6.33. The van der Waals surface area contributed by atoms with E-state index >= 15 is 0 Å². The molecule has 2 rings (SSSR count). The molecule has 0 bridgehead atoms. The van der Waals surface area contributed by atoms with Crippen LogP contribution in [0.5, 0.6) is 0 Å². The fourth-order valence-electron chi connectivity index (χ4n) is 3.23. The van der Waals surface area contributed by atoms with Crippen molar-refractivity contribution in [2.45, 2.75) is 20.3 Å². The van der Waals surface area contributed by atoms with Crippen molar-refractivity contribution in [2.24, 2.45) is 11.3 Å². The number of aliphatic hydroxyl groups is 1. The second-order valence-corrected chi connectivity index (χ2v) is 6.63. The van der Waals surface area contributed by atoms with Crippen LogP contribution in [0.1, 0.15) is 20.3 Å². The van der Waals surface area contributed by atoms with Crippen LogP contribution in [-0.2, 0) is 4.74 Å². The Morgan fingerprint density at radius 2 is 1.78 bits per heavy atom. The van der Waals surface area contributed by atoms with Gasteiger partial charge in [0, 0.05) is 39.3 Å². The van der Waals surface area contributed by atoms with Crippen molar-refractivity contribution in [1.29, 1.82) is 0 Å². The average Bonchev–Trinajstić information content (AvgIpc) is 2.76. The molecular formula is C14H28N2O2. The molecule has 0 aliphatic carbocycles. The highest BCUT2D eigenvalue weighted by molar-refractivity contribution is 4.83. The predicted octanol–water partition coefficient (Wildman–Crippen LogP) is 0.659. The molecule has 4 nitrogen and oxygen atoms in total. The van der Waals surface area contributed by atoms with Crippen LogP contribution in [0.3, 0.4) is 0 Å². The van der Waals surface area contributed by atoms with Crippen LogP contribution < -0.4 is 0 Å². The Labute approximate surface area is 111 Å². The maximum atomic E-state index is 9.19. The molecule has 2 aliphatic rings. The summed E-state index contributed by atoms with van der Waals surface area (Å²) in [4.78, 5) is 5.03. The lowest BCUT2D eigenvalue weighted by atomic mass is 9.91. The van der Waals surface area contributed by atoms with Crippen molar-refractivity contribution in [3.63, 3.8) is 0 Å². The molecule has 18 heavy (non-hydrogen) atoms. The zero-order chi connectivity index (χ0) is 13.0. The minimum Gasteiger partial charge on any atom is -0.396 e. The van der Waals surface area contributed by atoms with Crippen LogP contribution in [-0.4, -0.2) is 74.0 Å². The number of hydrogen-bond acceptors (Lipinski definition) is 4. The summed E-state index contributed by atoms with van der Waals surface area (Å²) in [6, 6.07) is 0. The fraction of sp³-hybridized carbons (Fsp3) is 1.00. The average molecular weight is 256 g/mol. The highest BCUT2D eigenvalue weighted by atomic mass is 16.5. The molecule has 2 saturated heterocycles. The third-order valence-electron chi connectivity index (χ3n) is 4.04. The lowest BCUT2D eigenvalue weighted by Crippen LogP contribution is -2.45. The number of rotatable bonds is 5. The first kappa shape index (κ1) is 14.3. The lowest BCUT2D eigenvalue weighted by molar-refractivity contribution is 0.0160. The quantitative estimate of drug-likeness (QED) is 0.784. The zero-order valence-corrected chi connectivity index (χ0v) is 11.9. The SMILES string of the molecule is CC(C)(CN1CCOCC1)CN1CC[C@@H](CO)C1. The van der Waals surface area contributed by atoms with Crippen molar-refractivity contribution in [3.05, 3.63) is 0 Å². The van der Waals surface area contributed by atoms with Gasteiger partial charge < -0.3 is 14.7 Å². The van der Waals surface area contributed by atoms with Gasteiger partial charge in [-0.3, -0.25) is 4.90 Å². The van der Waals surface area contributed by atoms with Crippen LogP contribution in [0.15, 0.2) is 0 Å². The minimum atomic E-state index is 0.321. The van der Waals surface area contributed by atoms with Crippen molar-refractivity contribution in [1.82, 2.24) is 9.80 Å². The molecule has 0 radical (unpaired) electrons. The van der Waals surface area contributed by atoms with Gasteiger partial charge in [-0.1, -0.05) is 13.8 Å². The first-order valence-electron chi connectivity index (χ1n) is 7.22. The van der Waals surface area contributed by atoms with Crippen molar-refractivity contribution in [3.8, 4) is 0 Å². The first-order chi connectivity index (χ1) is 8.59. The minimum absolute atomic E-state index is 0.321. The van der Waals surface area contributed by atoms with Gasteiger partial charge in [0.1, 0.15) is 0 Å². The summed E-state index contributed by atoms with van der Waals surface area (Å²) in [5.74, 6) is 0.504. The molecule has 4 heteroatoms. The highest BCUT2D eigenvalue weighted by Gasteiger charge is 2.29. The molecule has 0 aromatic carbocycles. The molecule has 2 fully saturated rings. The second-order valence-electron chi connectivity index (χ2n) is 6.63. The summed E-state index contributed by atoms with van der Waals surface area (Å²) < 4.78 is 5.40. The van der Waals surface area contributed by atoms with E-state index in [0.29, 0.717) is 17.9 Å². The predicted molar refractivity (Wildman–Crippen MR) is 72.7 cm³/mol. The molecule has 0 unspecified atom stereocenters. The van der Waals surface area contributed by atoms with Gasteiger partial charge in [0.05, 0.1) is 13.2 Å². The van der Waals surface area contributed by atoms with Gasteiger partial charge in [-0.05, 0) is 24.3 Å². The molecule has 0 aromatic rings. The molecule has 2 aliphatic heterocycles. The topological polar surface area (TPSA) is 35.9 Å². The summed E-state index contributed by atoms with van der Waals surface area (Å²) in [7, 11) is 0. The number of hydrogen-bond donors (Lipinski definition) is 1. The third kappa shape index (κ3) is 4.19. The Kier molecular flexibility index (Phi) is 5.01. The molecule has 0 amide bonds. The fourth-order valence-corrected chi connectivity index (χ4v) is 3.23. The lowest BCUT2D eigenvalue weighted by Gasteiger charge is -2.37. The molecule has 0 aromatic heterocycles. The third-order valence-corrected chi connectivity index (χ3v) is 4.04. The number of likely N-dealkylation sites (tertiary alicyclic amines) is 1. The van der Waals surface area contributed by atoms with E-state index in [4.69, 9.17) is 4.74 Å². The van der Waals surface area contributed by atoms with Gasteiger partial charge in [0.15, 0.2) is 0 Å². The van der Waals surface area contributed by atoms with Crippen LogP contribution in [0.2, 0.25) is 0 Å². The monoisotopic (exact) mass is 256 g/mol. The molecule has 106 valence electrons. The van der Waals surface area contributed by atoms with Gasteiger partial charge >= 0.3 is 0 Å². The van der Waals surface area contributed by atoms with Crippen LogP contribution >= 0.6 is 0 Å². The Bertz CT molecular complexity index is 252. The van der Waals surface area contributed by atoms with E-state index < -0.39 is 0 Å². The summed E-state index contributed by atoms with van der Waals surface area (Å²) in [6.45, 7) is 13.5. The Morgan fingerprint density at radius 1 is 1.11 bits per heavy atom. The van der Waals surface area contributed by atoms with E-state index in [2.05, 4.69) is 23.6 Å². The normalized spacial score (nSPS) is 27.8. The van der Waals surface area contributed by atoms with Crippen LogP contribution in [0, 0.1) is 11.3 Å². The largest absolute Gasteiger partial charge is 0.396 e. The summed E-state index contributed by atoms with van der Waals surface area (Å²) in [5, 5.41) is 9.19. The summed E-state index contributed by atoms with van der Waals surface area (Å²) in [6.07, 6.45) is 1.16. The smallest absolute Gasteiger partial charge is 0.0594 e. The van der Waals surface area contributed by atoms with E-state index in [1.54, 1.807) is 0 Å². The van der Waals surface area contributed by atoms with Gasteiger partial charge in [-0.25, -0.2) is 0 Å². The van der Waals surface area contributed by atoms with E-state index in [-0.39, 0.29) is 0 Å². The summed E-state index contributed by atoms with van der Waals surface area (Å²) in [5.41, 5.74) is 0.321. The number of ether oxygens (including phenoxy) is 1. The van der Waals surface area contributed by atoms with Gasteiger partial charge in [-0.15, -0.1) is 0 Å². The maximum absolute atomic E-state index is 9.19. The molecular weight excluding hydrogens is 228 g/mol. The van der Waals surface area contributed by atoms with E-state index in [9.17, 15) is 5.11 Å². The van der Waals surface area contributed by atoms with E-state index in [0.717, 1.165) is 58.9 Å². The van der Waals surface area contributed by atoms with Gasteiger partial charge in [0.2, 0.25) is 0 Å². The zero-order valence-electron chi connectivity index (χ0n) is 11.9. The molecule has 2 heterocycles. The van der Waals surface area contributed by atoms with Crippen LogP contribution in [0.25, 0.3) is 0 Å². The Hall–Kier alpha value is -0.160. The number of nitrogens with zero attached hydrogens (tertiary/aromatic N) is 2. The number of aliphatic hydroxyl groups excluding tert-OH is 1. The van der Waals surface area contributed by atoms with Crippen LogP contribution in [0.4, 0.5) is 0 Å².